The van der Waals surface area contributed by atoms with Crippen molar-refractivity contribution in [3.05, 3.63) is 11.9 Å². The second kappa shape index (κ2) is 1.69. The predicted octanol–water partition coefficient (Wildman–Crippen LogP) is 1.00. The molecule has 1 aliphatic rings. The molecule has 36 valence electrons. The topological polar surface area (TPSA) is 24.7 Å². The summed E-state index contributed by atoms with van der Waals surface area (Å²) in [6.07, 6.45) is 5.22. The summed E-state index contributed by atoms with van der Waals surface area (Å²) in [5.41, 5.74) is 0.984. The number of rotatable bonds is 1. The van der Waals surface area contributed by atoms with Crippen LogP contribution in [0.25, 0.3) is 0 Å². The van der Waals surface area contributed by atoms with Crippen molar-refractivity contribution in [2.24, 2.45) is 9.98 Å². The zero-order valence-electron chi connectivity index (χ0n) is 4.13. The van der Waals surface area contributed by atoms with Crippen molar-refractivity contribution in [3.63, 3.8) is 0 Å². The summed E-state index contributed by atoms with van der Waals surface area (Å²) < 4.78 is 0. The minimum absolute atomic E-state index is 0.984. The molecule has 1 aliphatic heterocycles. The van der Waals surface area contributed by atoms with Crippen molar-refractivity contribution in [3.8, 4) is 0 Å². The molecule has 0 atom stereocenters. The first-order valence-corrected chi connectivity index (χ1v) is 2.15. The molecule has 2 nitrogen and oxygen atoms in total. The van der Waals surface area contributed by atoms with Gasteiger partial charge in [-0.15, -0.1) is 0 Å². The van der Waals surface area contributed by atoms with Crippen LogP contribution in [0, 0.1) is 0 Å². The lowest BCUT2D eigenvalue weighted by Gasteiger charge is -1.65. The Balaban J connectivity index is 2.34. The fourth-order valence-corrected chi connectivity index (χ4v) is 0.255. The Bertz CT molecular complexity index is 134. The van der Waals surface area contributed by atoms with E-state index < -0.39 is 0 Å². The third-order valence-corrected chi connectivity index (χ3v) is 0.634. The standard InChI is InChI=1S/C5H6N2/c1-2-6-3-5-4-7-5/h2-4H,1H3/b5-3+,6-2?. The van der Waals surface area contributed by atoms with Crippen LogP contribution in [0.5, 0.6) is 0 Å². The first kappa shape index (κ1) is 4.24. The van der Waals surface area contributed by atoms with E-state index in [0.717, 1.165) is 5.70 Å². The summed E-state index contributed by atoms with van der Waals surface area (Å²) in [7, 11) is 0. The van der Waals surface area contributed by atoms with E-state index >= 15 is 0 Å². The monoisotopic (exact) mass is 94.1 g/mol. The van der Waals surface area contributed by atoms with Crippen molar-refractivity contribution < 1.29 is 0 Å². The highest BCUT2D eigenvalue weighted by molar-refractivity contribution is 5.92. The van der Waals surface area contributed by atoms with Crippen molar-refractivity contribution in [1.29, 1.82) is 0 Å². The van der Waals surface area contributed by atoms with Gasteiger partial charge in [-0.2, -0.15) is 0 Å². The van der Waals surface area contributed by atoms with Crippen LogP contribution in [0.1, 0.15) is 6.92 Å². The normalized spacial score (nSPS) is 22.1. The molecule has 2 heteroatoms. The van der Waals surface area contributed by atoms with E-state index in [0.29, 0.717) is 0 Å². The van der Waals surface area contributed by atoms with Gasteiger partial charge in [0.25, 0.3) is 0 Å². The van der Waals surface area contributed by atoms with Crippen LogP contribution in [0.4, 0.5) is 0 Å². The largest absolute Gasteiger partial charge is 0.267 e. The van der Waals surface area contributed by atoms with Gasteiger partial charge in [0.05, 0.1) is 18.1 Å². The Labute approximate surface area is 42.3 Å². The highest BCUT2D eigenvalue weighted by Gasteiger charge is 1.96. The van der Waals surface area contributed by atoms with E-state index in [9.17, 15) is 0 Å². The maximum absolute atomic E-state index is 3.82. The van der Waals surface area contributed by atoms with E-state index in [1.165, 1.54) is 0 Å². The molecule has 0 spiro atoms. The number of allylic oxidation sites excluding steroid dienone is 1. The Morgan fingerprint density at radius 1 is 1.86 bits per heavy atom. The van der Waals surface area contributed by atoms with E-state index in [1.54, 1.807) is 18.6 Å². The summed E-state index contributed by atoms with van der Waals surface area (Å²) in [6, 6.07) is 0. The molecule has 0 aromatic heterocycles. The molecule has 0 unspecified atom stereocenters. The molecule has 1 heterocycles. The van der Waals surface area contributed by atoms with E-state index in [4.69, 9.17) is 0 Å². The zero-order valence-corrected chi connectivity index (χ0v) is 4.13. The molecule has 0 saturated heterocycles. The van der Waals surface area contributed by atoms with Gasteiger partial charge in [0.15, 0.2) is 0 Å². The van der Waals surface area contributed by atoms with E-state index in [2.05, 4.69) is 9.98 Å². The average Bonchev–Trinajstić information content (AvgIpc) is 2.42. The van der Waals surface area contributed by atoms with Crippen LogP contribution in [-0.4, -0.2) is 12.4 Å². The molecular formula is C5H6N2. The SMILES string of the molecule is CC=N/C=C1C=N\1. The number of hydrogen-bond donors (Lipinski definition) is 0. The summed E-state index contributed by atoms with van der Waals surface area (Å²) in [5.74, 6) is 0. The third-order valence-electron chi connectivity index (χ3n) is 0.634. The molecule has 0 aromatic carbocycles. The summed E-state index contributed by atoms with van der Waals surface area (Å²) in [4.78, 5) is 7.58. The van der Waals surface area contributed by atoms with Crippen molar-refractivity contribution >= 4 is 12.4 Å². The second-order valence-electron chi connectivity index (χ2n) is 1.22. The van der Waals surface area contributed by atoms with Crippen molar-refractivity contribution in [2.45, 2.75) is 6.92 Å². The number of aliphatic imine (C=N–C) groups is 2. The van der Waals surface area contributed by atoms with Crippen LogP contribution in [0.3, 0.4) is 0 Å². The average molecular weight is 94.1 g/mol. The molecular weight excluding hydrogens is 88.1 g/mol. The fourth-order valence-electron chi connectivity index (χ4n) is 0.255. The van der Waals surface area contributed by atoms with Gasteiger partial charge in [-0.3, -0.25) is 9.98 Å². The minimum atomic E-state index is 0.984. The lowest BCUT2D eigenvalue weighted by atomic mass is 10.7. The molecule has 0 fully saturated rings. The Kier molecular flexibility index (Phi) is 1.02. The smallest absolute Gasteiger partial charge is 0.0995 e. The number of nitrogens with zero attached hydrogens (tertiary/aromatic N) is 2. The van der Waals surface area contributed by atoms with Gasteiger partial charge in [-0.1, -0.05) is 0 Å². The fraction of sp³-hybridized carbons (Fsp3) is 0.200. The maximum Gasteiger partial charge on any atom is 0.0995 e. The summed E-state index contributed by atoms with van der Waals surface area (Å²) >= 11 is 0. The van der Waals surface area contributed by atoms with Gasteiger partial charge in [0, 0.05) is 6.21 Å². The quantitative estimate of drug-likeness (QED) is 0.433. The predicted molar refractivity (Wildman–Crippen MR) is 30.7 cm³/mol. The van der Waals surface area contributed by atoms with Gasteiger partial charge < -0.3 is 0 Å². The van der Waals surface area contributed by atoms with Crippen LogP contribution in [0.15, 0.2) is 21.9 Å². The van der Waals surface area contributed by atoms with E-state index in [-0.39, 0.29) is 0 Å². The van der Waals surface area contributed by atoms with Crippen LogP contribution in [-0.2, 0) is 0 Å². The molecule has 0 amide bonds. The molecule has 0 saturated carbocycles. The highest BCUT2D eigenvalue weighted by atomic mass is 14.9. The first-order valence-electron chi connectivity index (χ1n) is 2.15. The van der Waals surface area contributed by atoms with Crippen molar-refractivity contribution in [1.82, 2.24) is 0 Å². The second-order valence-corrected chi connectivity index (χ2v) is 1.22. The molecule has 7 heavy (non-hydrogen) atoms. The molecule has 0 aromatic rings. The van der Waals surface area contributed by atoms with Crippen molar-refractivity contribution in [2.75, 3.05) is 0 Å². The maximum atomic E-state index is 3.82. The van der Waals surface area contributed by atoms with Crippen LogP contribution >= 0.6 is 0 Å². The Morgan fingerprint density at radius 2 is 2.57 bits per heavy atom. The Morgan fingerprint density at radius 3 is 3.00 bits per heavy atom. The first-order chi connectivity index (χ1) is 3.43. The van der Waals surface area contributed by atoms with E-state index in [1.807, 2.05) is 6.92 Å². The molecule has 0 bridgehead atoms. The van der Waals surface area contributed by atoms with Gasteiger partial charge in [0.1, 0.15) is 0 Å². The van der Waals surface area contributed by atoms with Gasteiger partial charge in [0.2, 0.25) is 0 Å². The molecule has 0 aliphatic carbocycles. The van der Waals surface area contributed by atoms with Gasteiger partial charge >= 0.3 is 0 Å². The highest BCUT2D eigenvalue weighted by Crippen LogP contribution is 2.04. The lowest BCUT2D eigenvalue weighted by molar-refractivity contribution is 1.52. The summed E-state index contributed by atoms with van der Waals surface area (Å²) in [5, 5.41) is 0. The Hall–Kier alpha value is -0.920. The molecule has 0 radical (unpaired) electrons. The van der Waals surface area contributed by atoms with Gasteiger partial charge in [-0.05, 0) is 6.92 Å². The third kappa shape index (κ3) is 1.30. The van der Waals surface area contributed by atoms with Crippen LogP contribution in [0.2, 0.25) is 0 Å². The zero-order chi connectivity index (χ0) is 5.11. The minimum Gasteiger partial charge on any atom is -0.267 e. The molecule has 1 rings (SSSR count). The van der Waals surface area contributed by atoms with Gasteiger partial charge in [-0.25, -0.2) is 0 Å². The molecule has 0 N–H and O–H groups in total. The van der Waals surface area contributed by atoms with Crippen LogP contribution < -0.4 is 0 Å². The lowest BCUT2D eigenvalue weighted by Crippen LogP contribution is -1.54. The summed E-state index contributed by atoms with van der Waals surface area (Å²) in [6.45, 7) is 1.87. The number of hydrogen-bond acceptors (Lipinski definition) is 2.